The minimum atomic E-state index is 0.345. The van der Waals surface area contributed by atoms with Crippen LogP contribution in [-0.4, -0.2) is 35.1 Å². The van der Waals surface area contributed by atoms with E-state index < -0.39 is 0 Å². The standard InChI is InChI=1S/C12H15N3S/c1-9-11(10-7-5-4-6-8-10)13-14-12(16-9)15(2)3/h4-9H,1-3H3. The molecular formula is C12H15N3S. The number of hydrogen-bond donors (Lipinski definition) is 0. The molecule has 16 heavy (non-hydrogen) atoms. The van der Waals surface area contributed by atoms with Crippen LogP contribution >= 0.6 is 11.8 Å². The molecule has 1 aliphatic rings. The maximum atomic E-state index is 4.33. The van der Waals surface area contributed by atoms with Crippen LogP contribution in [0.4, 0.5) is 0 Å². The first kappa shape index (κ1) is 11.2. The maximum absolute atomic E-state index is 4.33. The molecule has 3 nitrogen and oxygen atoms in total. The van der Waals surface area contributed by atoms with E-state index in [1.807, 2.05) is 37.2 Å². The molecule has 1 aromatic rings. The van der Waals surface area contributed by atoms with Gasteiger partial charge in [0.2, 0.25) is 0 Å². The summed E-state index contributed by atoms with van der Waals surface area (Å²) in [5.74, 6) is 0. The van der Waals surface area contributed by atoms with Crippen molar-refractivity contribution in [1.29, 1.82) is 0 Å². The molecule has 0 amide bonds. The monoisotopic (exact) mass is 233 g/mol. The predicted octanol–water partition coefficient (Wildman–Crippen LogP) is 2.44. The Hall–Kier alpha value is -1.29. The highest BCUT2D eigenvalue weighted by Crippen LogP contribution is 2.23. The smallest absolute Gasteiger partial charge is 0.185 e. The van der Waals surface area contributed by atoms with Gasteiger partial charge in [-0.25, -0.2) is 0 Å². The van der Waals surface area contributed by atoms with E-state index in [-0.39, 0.29) is 0 Å². The fourth-order valence-corrected chi connectivity index (χ4v) is 2.42. The lowest BCUT2D eigenvalue weighted by Gasteiger charge is -2.22. The Morgan fingerprint density at radius 1 is 1.12 bits per heavy atom. The maximum Gasteiger partial charge on any atom is 0.185 e. The molecule has 0 spiro atoms. The molecule has 1 heterocycles. The Kier molecular flexibility index (Phi) is 3.29. The SMILES string of the molecule is CC1SC(N(C)C)=NN=C1c1ccccc1. The third-order valence-corrected chi connectivity index (χ3v) is 3.60. The van der Waals surface area contributed by atoms with Gasteiger partial charge >= 0.3 is 0 Å². The second-order valence-corrected chi connectivity index (χ2v) is 5.20. The molecule has 2 rings (SSSR count). The Morgan fingerprint density at radius 3 is 2.38 bits per heavy atom. The van der Waals surface area contributed by atoms with Crippen LogP contribution in [0.5, 0.6) is 0 Å². The average Bonchev–Trinajstić information content (AvgIpc) is 2.30. The number of thioether (sulfide) groups is 1. The van der Waals surface area contributed by atoms with E-state index in [1.165, 1.54) is 0 Å². The van der Waals surface area contributed by atoms with Crippen LogP contribution in [0.1, 0.15) is 12.5 Å². The Balaban J connectivity index is 2.30. The second kappa shape index (κ2) is 4.70. The van der Waals surface area contributed by atoms with Crippen molar-refractivity contribution in [3.05, 3.63) is 35.9 Å². The summed E-state index contributed by atoms with van der Waals surface area (Å²) >= 11 is 1.74. The first-order valence-corrected chi connectivity index (χ1v) is 6.11. The van der Waals surface area contributed by atoms with Gasteiger partial charge in [-0.2, -0.15) is 5.10 Å². The Morgan fingerprint density at radius 2 is 1.81 bits per heavy atom. The van der Waals surface area contributed by atoms with E-state index in [1.54, 1.807) is 11.8 Å². The van der Waals surface area contributed by atoms with E-state index in [4.69, 9.17) is 0 Å². The van der Waals surface area contributed by atoms with Crippen LogP contribution in [0.2, 0.25) is 0 Å². The molecule has 1 atom stereocenters. The number of benzene rings is 1. The zero-order chi connectivity index (χ0) is 11.5. The average molecular weight is 233 g/mol. The number of nitrogens with zero attached hydrogens (tertiary/aromatic N) is 3. The fraction of sp³-hybridized carbons (Fsp3) is 0.333. The fourth-order valence-electron chi connectivity index (χ4n) is 1.51. The van der Waals surface area contributed by atoms with E-state index in [0.29, 0.717) is 5.25 Å². The summed E-state index contributed by atoms with van der Waals surface area (Å²) in [4.78, 5) is 1.99. The van der Waals surface area contributed by atoms with Crippen molar-refractivity contribution in [3.63, 3.8) is 0 Å². The largest absolute Gasteiger partial charge is 0.356 e. The van der Waals surface area contributed by atoms with Gasteiger partial charge in [0.25, 0.3) is 0 Å². The minimum absolute atomic E-state index is 0.345. The van der Waals surface area contributed by atoms with E-state index in [2.05, 4.69) is 29.3 Å². The Labute approximate surface area is 100 Å². The van der Waals surface area contributed by atoms with Crippen LogP contribution in [-0.2, 0) is 0 Å². The summed E-state index contributed by atoms with van der Waals surface area (Å²) in [7, 11) is 3.98. The van der Waals surface area contributed by atoms with Crippen molar-refractivity contribution in [3.8, 4) is 0 Å². The lowest BCUT2D eigenvalue weighted by molar-refractivity contribution is 0.632. The van der Waals surface area contributed by atoms with Gasteiger partial charge < -0.3 is 4.90 Å². The highest BCUT2D eigenvalue weighted by atomic mass is 32.2. The summed E-state index contributed by atoms with van der Waals surface area (Å²) in [5, 5.41) is 9.87. The lowest BCUT2D eigenvalue weighted by Crippen LogP contribution is -2.27. The molecule has 0 saturated carbocycles. The van der Waals surface area contributed by atoms with Crippen molar-refractivity contribution in [1.82, 2.24) is 4.90 Å². The minimum Gasteiger partial charge on any atom is -0.356 e. The molecular weight excluding hydrogens is 218 g/mol. The number of amidine groups is 1. The molecule has 0 bridgehead atoms. The molecule has 84 valence electrons. The van der Waals surface area contributed by atoms with Crippen molar-refractivity contribution in [2.45, 2.75) is 12.2 Å². The van der Waals surface area contributed by atoms with Gasteiger partial charge in [-0.3, -0.25) is 0 Å². The zero-order valence-electron chi connectivity index (χ0n) is 9.71. The lowest BCUT2D eigenvalue weighted by atomic mass is 10.1. The zero-order valence-corrected chi connectivity index (χ0v) is 10.5. The summed E-state index contributed by atoms with van der Waals surface area (Å²) in [6.45, 7) is 2.16. The first-order valence-electron chi connectivity index (χ1n) is 5.23. The molecule has 0 aliphatic carbocycles. The van der Waals surface area contributed by atoms with Gasteiger partial charge in [0.15, 0.2) is 5.17 Å². The predicted molar refractivity (Wildman–Crippen MR) is 71.2 cm³/mol. The highest BCUT2D eigenvalue weighted by Gasteiger charge is 2.21. The highest BCUT2D eigenvalue weighted by molar-refractivity contribution is 8.14. The van der Waals surface area contributed by atoms with Crippen LogP contribution in [0.3, 0.4) is 0 Å². The molecule has 4 heteroatoms. The van der Waals surface area contributed by atoms with E-state index >= 15 is 0 Å². The number of rotatable bonds is 1. The van der Waals surface area contributed by atoms with Gasteiger partial charge in [-0.05, 0) is 12.5 Å². The van der Waals surface area contributed by atoms with Gasteiger partial charge in [-0.15, -0.1) is 5.10 Å². The summed E-state index contributed by atoms with van der Waals surface area (Å²) in [5.41, 5.74) is 2.21. The third kappa shape index (κ3) is 2.27. The van der Waals surface area contributed by atoms with Crippen molar-refractivity contribution < 1.29 is 0 Å². The molecule has 1 unspecified atom stereocenters. The second-order valence-electron chi connectivity index (χ2n) is 3.89. The molecule has 0 N–H and O–H groups in total. The molecule has 0 radical (unpaired) electrons. The molecule has 1 aliphatic heterocycles. The van der Waals surface area contributed by atoms with Gasteiger partial charge in [-0.1, -0.05) is 42.1 Å². The Bertz CT molecular complexity index is 423. The topological polar surface area (TPSA) is 28.0 Å². The summed E-state index contributed by atoms with van der Waals surface area (Å²) in [6, 6.07) is 10.2. The van der Waals surface area contributed by atoms with Crippen LogP contribution < -0.4 is 0 Å². The third-order valence-electron chi connectivity index (χ3n) is 2.36. The summed E-state index contributed by atoms with van der Waals surface area (Å²) < 4.78 is 0. The summed E-state index contributed by atoms with van der Waals surface area (Å²) in [6.07, 6.45) is 0. The van der Waals surface area contributed by atoms with Crippen molar-refractivity contribution in [2.75, 3.05) is 14.1 Å². The van der Waals surface area contributed by atoms with E-state index in [0.717, 1.165) is 16.4 Å². The quantitative estimate of drug-likeness (QED) is 0.745. The van der Waals surface area contributed by atoms with Gasteiger partial charge in [0, 0.05) is 14.1 Å². The molecule has 0 fully saturated rings. The van der Waals surface area contributed by atoms with Crippen molar-refractivity contribution >= 4 is 22.6 Å². The van der Waals surface area contributed by atoms with E-state index in [9.17, 15) is 0 Å². The van der Waals surface area contributed by atoms with Crippen LogP contribution in [0.25, 0.3) is 0 Å². The van der Waals surface area contributed by atoms with Crippen LogP contribution in [0, 0.1) is 0 Å². The molecule has 0 aromatic heterocycles. The van der Waals surface area contributed by atoms with Gasteiger partial charge in [0.1, 0.15) is 0 Å². The van der Waals surface area contributed by atoms with Crippen LogP contribution in [0.15, 0.2) is 40.5 Å². The first-order chi connectivity index (χ1) is 7.68. The number of hydrogen-bond acceptors (Lipinski definition) is 4. The molecule has 1 aromatic carbocycles. The normalized spacial score (nSPS) is 20.1. The molecule has 0 saturated heterocycles. The van der Waals surface area contributed by atoms with Gasteiger partial charge in [0.05, 0.1) is 11.0 Å². The van der Waals surface area contributed by atoms with Crippen molar-refractivity contribution in [2.24, 2.45) is 10.2 Å².